The Morgan fingerprint density at radius 2 is 0.962 bits per heavy atom. The molecule has 0 N–H and O–H groups in total. The second kappa shape index (κ2) is 12.8. The normalized spacial score (nSPS) is 11.3. The van der Waals surface area contributed by atoms with Crippen molar-refractivity contribution in [1.29, 1.82) is 10.5 Å². The SMILES string of the molecule is [C-]#[N+]c1cccc(N(c2cccc(C#N)c2)c2ccc3ccc4c(N(c5cccc(C#N)c5)c5cccc([Si](C)(C)C)c5)ccc5ccc2c3c54)c1. The van der Waals surface area contributed by atoms with Crippen LogP contribution in [0.2, 0.25) is 19.6 Å². The molecule has 0 amide bonds. The Kier molecular flexibility index (Phi) is 7.93. The van der Waals surface area contributed by atoms with Gasteiger partial charge in [0.2, 0.25) is 0 Å². The summed E-state index contributed by atoms with van der Waals surface area (Å²) in [5.74, 6) is 0. The lowest BCUT2D eigenvalue weighted by Crippen LogP contribution is -2.37. The maximum Gasteiger partial charge on any atom is 0.189 e. The highest BCUT2D eigenvalue weighted by Crippen LogP contribution is 2.47. The largest absolute Gasteiger partial charge is 0.311 e. The third-order valence-electron chi connectivity index (χ3n) is 9.75. The summed E-state index contributed by atoms with van der Waals surface area (Å²) >= 11 is 0. The van der Waals surface area contributed by atoms with E-state index in [0.717, 1.165) is 66.4 Å². The molecule has 8 rings (SSSR count). The molecule has 0 atom stereocenters. The van der Waals surface area contributed by atoms with Crippen LogP contribution in [-0.2, 0) is 0 Å². The van der Waals surface area contributed by atoms with E-state index in [4.69, 9.17) is 6.57 Å². The number of hydrogen-bond acceptors (Lipinski definition) is 4. The fourth-order valence-electron chi connectivity index (χ4n) is 7.26. The predicted octanol–water partition coefficient (Wildman–Crippen LogP) is 12.4. The van der Waals surface area contributed by atoms with Crippen LogP contribution >= 0.6 is 0 Å². The second-order valence-electron chi connectivity index (χ2n) is 14.0. The van der Waals surface area contributed by atoms with Gasteiger partial charge in [-0.2, -0.15) is 10.5 Å². The van der Waals surface area contributed by atoms with Gasteiger partial charge in [-0.05, 0) is 94.3 Å². The quantitative estimate of drug-likeness (QED) is 0.0953. The van der Waals surface area contributed by atoms with Crippen LogP contribution in [0.4, 0.5) is 39.8 Å². The maximum absolute atomic E-state index is 9.89. The van der Waals surface area contributed by atoms with Crippen molar-refractivity contribution in [1.82, 2.24) is 0 Å². The Morgan fingerprint density at radius 3 is 1.44 bits per heavy atom. The predicted molar refractivity (Wildman–Crippen MR) is 218 cm³/mol. The van der Waals surface area contributed by atoms with Crippen LogP contribution in [0.1, 0.15) is 11.1 Å². The summed E-state index contributed by atoms with van der Waals surface area (Å²) in [4.78, 5) is 8.15. The third kappa shape index (κ3) is 5.57. The van der Waals surface area contributed by atoms with Gasteiger partial charge in [0.15, 0.2) is 5.69 Å². The maximum atomic E-state index is 9.89. The Morgan fingerprint density at radius 1 is 0.519 bits per heavy atom. The number of anilines is 6. The van der Waals surface area contributed by atoms with Crippen LogP contribution in [0, 0.1) is 29.2 Å². The number of benzene rings is 8. The first-order chi connectivity index (χ1) is 25.3. The minimum Gasteiger partial charge on any atom is -0.311 e. The zero-order valence-electron chi connectivity index (χ0n) is 29.1. The van der Waals surface area contributed by atoms with Gasteiger partial charge in [-0.1, -0.05) is 97.6 Å². The van der Waals surface area contributed by atoms with E-state index in [1.807, 2.05) is 60.7 Å². The molecule has 0 aliphatic heterocycles. The smallest absolute Gasteiger partial charge is 0.189 e. The molecule has 6 heteroatoms. The standard InChI is InChI=1S/C46H33N5Si/c1-49-35-11-7-14-38(27-35)50(36-12-5-9-31(25-36)29-47)43-23-19-33-18-22-42-44(24-20-34-17-21-41(43)45(33)46(34)42)51(37-13-6-10-32(26-37)30-48)39-15-8-16-40(28-39)52(2,3)4/h5-28H,2-4H3. The van der Waals surface area contributed by atoms with Gasteiger partial charge in [0, 0.05) is 33.5 Å². The molecule has 0 heterocycles. The molecule has 5 nitrogen and oxygen atoms in total. The molecule has 52 heavy (non-hydrogen) atoms. The van der Waals surface area contributed by atoms with E-state index in [-0.39, 0.29) is 0 Å². The van der Waals surface area contributed by atoms with Gasteiger partial charge in [0.05, 0.1) is 49.3 Å². The summed E-state index contributed by atoms with van der Waals surface area (Å²) in [5.41, 5.74) is 7.33. The van der Waals surface area contributed by atoms with Crippen molar-refractivity contribution in [2.45, 2.75) is 19.6 Å². The van der Waals surface area contributed by atoms with E-state index in [9.17, 15) is 10.5 Å². The number of rotatable bonds is 7. The van der Waals surface area contributed by atoms with Crippen LogP contribution in [0.5, 0.6) is 0 Å². The van der Waals surface area contributed by atoms with Crippen LogP contribution in [0.25, 0.3) is 37.2 Å². The van der Waals surface area contributed by atoms with E-state index in [0.29, 0.717) is 16.8 Å². The Hall–Kier alpha value is -6.91. The lowest BCUT2D eigenvalue weighted by atomic mass is 9.91. The molecular weight excluding hydrogens is 651 g/mol. The zero-order chi connectivity index (χ0) is 36.0. The molecule has 246 valence electrons. The van der Waals surface area contributed by atoms with Gasteiger partial charge in [-0.25, -0.2) is 4.85 Å². The van der Waals surface area contributed by atoms with E-state index >= 15 is 0 Å². The Bertz CT molecular complexity index is 2740. The van der Waals surface area contributed by atoms with Crippen molar-refractivity contribution in [2.24, 2.45) is 0 Å². The molecule has 0 spiro atoms. The van der Waals surface area contributed by atoms with E-state index in [1.54, 1.807) is 6.07 Å². The van der Waals surface area contributed by atoms with Gasteiger partial charge in [0.25, 0.3) is 0 Å². The molecule has 0 saturated carbocycles. The fourth-order valence-corrected chi connectivity index (χ4v) is 8.43. The molecule has 8 aromatic carbocycles. The lowest BCUT2D eigenvalue weighted by Gasteiger charge is -2.30. The van der Waals surface area contributed by atoms with Crippen molar-refractivity contribution in [2.75, 3.05) is 9.80 Å². The Balaban J connectivity index is 1.42. The van der Waals surface area contributed by atoms with Gasteiger partial charge < -0.3 is 9.80 Å². The van der Waals surface area contributed by atoms with Crippen molar-refractivity contribution in [3.05, 3.63) is 168 Å². The van der Waals surface area contributed by atoms with Crippen molar-refractivity contribution >= 4 is 85.4 Å². The van der Waals surface area contributed by atoms with Crippen molar-refractivity contribution in [3.63, 3.8) is 0 Å². The molecule has 0 radical (unpaired) electrons. The first-order valence-electron chi connectivity index (χ1n) is 17.2. The average molecular weight is 684 g/mol. The first-order valence-corrected chi connectivity index (χ1v) is 20.7. The molecule has 0 fully saturated rings. The summed E-state index contributed by atoms with van der Waals surface area (Å²) in [6, 6.07) is 54.0. The first kappa shape index (κ1) is 32.3. The summed E-state index contributed by atoms with van der Waals surface area (Å²) in [6.07, 6.45) is 0. The summed E-state index contributed by atoms with van der Waals surface area (Å²) in [5, 5.41) is 27.8. The molecule has 8 aromatic rings. The molecule has 0 saturated heterocycles. The summed E-state index contributed by atoms with van der Waals surface area (Å²) in [7, 11) is -1.64. The van der Waals surface area contributed by atoms with Crippen LogP contribution < -0.4 is 15.0 Å². The molecule has 0 bridgehead atoms. The number of hydrogen-bond donors (Lipinski definition) is 0. The van der Waals surface area contributed by atoms with E-state index in [1.165, 1.54) is 5.19 Å². The Labute approximate surface area is 304 Å². The van der Waals surface area contributed by atoms with E-state index in [2.05, 4.69) is 125 Å². The van der Waals surface area contributed by atoms with Crippen LogP contribution in [-0.4, -0.2) is 8.07 Å². The molecule has 0 aliphatic rings. The molecule has 0 unspecified atom stereocenters. The minimum absolute atomic E-state index is 0.542. The monoisotopic (exact) mass is 683 g/mol. The highest BCUT2D eigenvalue weighted by molar-refractivity contribution is 6.88. The van der Waals surface area contributed by atoms with Gasteiger partial charge >= 0.3 is 0 Å². The van der Waals surface area contributed by atoms with Gasteiger partial charge in [0.1, 0.15) is 0 Å². The highest BCUT2D eigenvalue weighted by atomic mass is 28.3. The highest BCUT2D eigenvalue weighted by Gasteiger charge is 2.24. The fraction of sp³-hybridized carbons (Fsp3) is 0.0652. The van der Waals surface area contributed by atoms with Crippen molar-refractivity contribution < 1.29 is 0 Å². The molecule has 0 aromatic heterocycles. The second-order valence-corrected chi connectivity index (χ2v) is 19.1. The van der Waals surface area contributed by atoms with Gasteiger partial charge in [-0.15, -0.1) is 0 Å². The minimum atomic E-state index is -1.64. The molecular formula is C46H33N5Si. The average Bonchev–Trinajstić information content (AvgIpc) is 3.18. The summed E-state index contributed by atoms with van der Waals surface area (Å²) < 4.78 is 0. The summed E-state index contributed by atoms with van der Waals surface area (Å²) in [6.45, 7) is 14.8. The topological polar surface area (TPSA) is 58.4 Å². The number of nitrogens with zero attached hydrogens (tertiary/aromatic N) is 5. The third-order valence-corrected chi connectivity index (χ3v) is 11.8. The van der Waals surface area contributed by atoms with Crippen LogP contribution in [0.15, 0.2) is 146 Å². The molecule has 0 aliphatic carbocycles. The number of nitriles is 2. The van der Waals surface area contributed by atoms with Crippen LogP contribution in [0.3, 0.4) is 0 Å². The van der Waals surface area contributed by atoms with E-state index < -0.39 is 8.07 Å². The lowest BCUT2D eigenvalue weighted by molar-refractivity contribution is 1.29. The van der Waals surface area contributed by atoms with Crippen molar-refractivity contribution in [3.8, 4) is 12.1 Å². The zero-order valence-corrected chi connectivity index (χ0v) is 30.1. The van der Waals surface area contributed by atoms with Gasteiger partial charge in [-0.3, -0.25) is 0 Å².